The minimum atomic E-state index is -0.215. The van der Waals surface area contributed by atoms with Gasteiger partial charge in [-0.2, -0.15) is 0 Å². The third kappa shape index (κ3) is 2.95. The summed E-state index contributed by atoms with van der Waals surface area (Å²) < 4.78 is 5.22. The molecule has 0 heterocycles. The number of carbonyl (C=O) groups excluding carboxylic acids is 1. The second kappa shape index (κ2) is 5.97. The summed E-state index contributed by atoms with van der Waals surface area (Å²) in [5, 5.41) is 2.79. The molecule has 1 aromatic carbocycles. The van der Waals surface area contributed by atoms with Crippen LogP contribution in [0.5, 0.6) is 5.75 Å². The maximum Gasteiger partial charge on any atom is 0.253 e. The maximum atomic E-state index is 11.9. The van der Waals surface area contributed by atoms with Gasteiger partial charge in [0.2, 0.25) is 0 Å². The van der Waals surface area contributed by atoms with E-state index in [1.807, 2.05) is 13.8 Å². The molecule has 18 heavy (non-hydrogen) atoms. The molecular weight excluding hydrogens is 228 g/mol. The van der Waals surface area contributed by atoms with Gasteiger partial charge in [0.15, 0.2) is 0 Å². The molecule has 4 nitrogen and oxygen atoms in total. The van der Waals surface area contributed by atoms with Crippen molar-refractivity contribution in [2.75, 3.05) is 12.8 Å². The van der Waals surface area contributed by atoms with Crippen molar-refractivity contribution in [3.63, 3.8) is 0 Å². The highest BCUT2D eigenvalue weighted by Crippen LogP contribution is 2.30. The Labute approximate surface area is 108 Å². The van der Waals surface area contributed by atoms with E-state index in [0.29, 0.717) is 23.4 Å². The fourth-order valence-electron chi connectivity index (χ4n) is 1.67. The molecule has 0 aliphatic heterocycles. The van der Waals surface area contributed by atoms with E-state index < -0.39 is 0 Å². The van der Waals surface area contributed by atoms with E-state index in [0.717, 1.165) is 5.56 Å². The van der Waals surface area contributed by atoms with Crippen LogP contribution < -0.4 is 15.8 Å². The fraction of sp³-hybridized carbons (Fsp3) is 0.357. The van der Waals surface area contributed by atoms with Crippen molar-refractivity contribution < 1.29 is 9.53 Å². The summed E-state index contributed by atoms with van der Waals surface area (Å²) in [5.41, 5.74) is 7.48. The Morgan fingerprint density at radius 1 is 1.56 bits per heavy atom. The van der Waals surface area contributed by atoms with Gasteiger partial charge in [0.05, 0.1) is 18.4 Å². The summed E-state index contributed by atoms with van der Waals surface area (Å²) in [7, 11) is 1.51. The van der Waals surface area contributed by atoms with Crippen LogP contribution in [0.2, 0.25) is 0 Å². The summed E-state index contributed by atoms with van der Waals surface area (Å²) in [6.07, 6.45) is 5.69. The van der Waals surface area contributed by atoms with E-state index in [1.54, 1.807) is 12.1 Å². The van der Waals surface area contributed by atoms with E-state index in [4.69, 9.17) is 16.9 Å². The predicted octanol–water partition coefficient (Wildman–Crippen LogP) is 1.59. The third-order valence-corrected chi connectivity index (χ3v) is 2.44. The number of benzene rings is 1. The molecular formula is C14H18N2O2. The Bertz CT molecular complexity index is 487. The van der Waals surface area contributed by atoms with Crippen molar-refractivity contribution >= 4 is 11.6 Å². The van der Waals surface area contributed by atoms with Crippen LogP contribution >= 0.6 is 0 Å². The summed E-state index contributed by atoms with van der Waals surface area (Å²) in [6, 6.07) is 3.49. The number of hydrogen-bond acceptors (Lipinski definition) is 3. The van der Waals surface area contributed by atoms with E-state index in [-0.39, 0.29) is 11.9 Å². The maximum absolute atomic E-state index is 11.9. The Balaban J connectivity index is 3.17. The average molecular weight is 246 g/mol. The van der Waals surface area contributed by atoms with Crippen LogP contribution in [0.3, 0.4) is 0 Å². The number of carbonyl (C=O) groups is 1. The molecule has 3 N–H and O–H groups in total. The normalized spacial score (nSPS) is 9.94. The highest BCUT2D eigenvalue weighted by Gasteiger charge is 2.16. The van der Waals surface area contributed by atoms with Crippen molar-refractivity contribution in [3.8, 4) is 18.1 Å². The molecule has 0 aromatic heterocycles. The Morgan fingerprint density at radius 2 is 2.22 bits per heavy atom. The van der Waals surface area contributed by atoms with E-state index in [1.165, 1.54) is 7.11 Å². The summed E-state index contributed by atoms with van der Waals surface area (Å²) in [6.45, 7) is 3.77. The minimum absolute atomic E-state index is 0.0493. The van der Waals surface area contributed by atoms with Gasteiger partial charge in [0.1, 0.15) is 5.75 Å². The number of methoxy groups -OCH3 is 1. The lowest BCUT2D eigenvalue weighted by Crippen LogP contribution is -2.30. The first-order chi connectivity index (χ1) is 8.51. The number of nitrogens with two attached hydrogens (primary N) is 1. The van der Waals surface area contributed by atoms with Crippen molar-refractivity contribution in [2.45, 2.75) is 26.3 Å². The molecule has 4 heteroatoms. The lowest BCUT2D eigenvalue weighted by atomic mass is 10.0. The first-order valence-corrected chi connectivity index (χ1v) is 5.71. The molecule has 1 amide bonds. The Morgan fingerprint density at radius 3 is 2.72 bits per heavy atom. The van der Waals surface area contributed by atoms with E-state index in [2.05, 4.69) is 11.2 Å². The molecule has 0 aliphatic carbocycles. The van der Waals surface area contributed by atoms with Crippen molar-refractivity contribution in [3.05, 3.63) is 23.3 Å². The van der Waals surface area contributed by atoms with Crippen LogP contribution in [0.1, 0.15) is 29.8 Å². The summed E-state index contributed by atoms with van der Waals surface area (Å²) in [5.74, 6) is 2.79. The first kappa shape index (κ1) is 13.9. The van der Waals surface area contributed by atoms with Crippen LogP contribution in [0.4, 0.5) is 5.69 Å². The predicted molar refractivity (Wildman–Crippen MR) is 72.5 cm³/mol. The number of rotatable bonds is 4. The quantitative estimate of drug-likeness (QED) is 0.626. The number of terminal acetylenes is 1. The number of nitrogens with one attached hydrogen (secondary N) is 1. The van der Waals surface area contributed by atoms with E-state index in [9.17, 15) is 4.79 Å². The van der Waals surface area contributed by atoms with Crippen LogP contribution in [-0.2, 0) is 6.42 Å². The lowest BCUT2D eigenvalue weighted by molar-refractivity contribution is 0.0943. The third-order valence-electron chi connectivity index (χ3n) is 2.44. The first-order valence-electron chi connectivity index (χ1n) is 5.71. The lowest BCUT2D eigenvalue weighted by Gasteiger charge is -2.14. The number of ether oxygens (including phenoxy) is 1. The van der Waals surface area contributed by atoms with Gasteiger partial charge in [0.25, 0.3) is 5.91 Å². The van der Waals surface area contributed by atoms with Crippen molar-refractivity contribution in [2.24, 2.45) is 0 Å². The van der Waals surface area contributed by atoms with Gasteiger partial charge in [-0.05, 0) is 19.9 Å². The molecule has 0 fully saturated rings. The molecule has 0 spiro atoms. The summed E-state index contributed by atoms with van der Waals surface area (Å²) in [4.78, 5) is 11.9. The minimum Gasteiger partial charge on any atom is -0.494 e. The molecule has 1 aromatic rings. The Kier molecular flexibility index (Phi) is 4.61. The molecule has 96 valence electrons. The molecule has 0 atom stereocenters. The largest absolute Gasteiger partial charge is 0.494 e. The van der Waals surface area contributed by atoms with Gasteiger partial charge in [0, 0.05) is 18.0 Å². The van der Waals surface area contributed by atoms with Crippen molar-refractivity contribution in [1.82, 2.24) is 5.32 Å². The number of hydrogen-bond donors (Lipinski definition) is 2. The van der Waals surface area contributed by atoms with Crippen LogP contribution in [0.15, 0.2) is 12.1 Å². The highest BCUT2D eigenvalue weighted by molar-refractivity contribution is 6.00. The highest BCUT2D eigenvalue weighted by atomic mass is 16.5. The molecule has 0 bridgehead atoms. The second-order valence-electron chi connectivity index (χ2n) is 4.23. The molecule has 0 aliphatic rings. The molecule has 0 radical (unpaired) electrons. The molecule has 1 rings (SSSR count). The average Bonchev–Trinajstić information content (AvgIpc) is 2.28. The zero-order valence-corrected chi connectivity index (χ0v) is 10.9. The van der Waals surface area contributed by atoms with Crippen molar-refractivity contribution in [1.29, 1.82) is 0 Å². The zero-order valence-electron chi connectivity index (χ0n) is 10.9. The number of nitrogen functional groups attached to an aromatic ring is 1. The smallest absolute Gasteiger partial charge is 0.253 e. The van der Waals surface area contributed by atoms with Gasteiger partial charge < -0.3 is 15.8 Å². The fourth-order valence-corrected chi connectivity index (χ4v) is 1.67. The van der Waals surface area contributed by atoms with E-state index >= 15 is 0 Å². The SMILES string of the molecule is C#CCc1ccc(C(=O)NC(C)C)c(N)c1OC. The number of anilines is 1. The van der Waals surface area contributed by atoms with Gasteiger partial charge >= 0.3 is 0 Å². The second-order valence-corrected chi connectivity index (χ2v) is 4.23. The van der Waals surface area contributed by atoms with Gasteiger partial charge in [-0.25, -0.2) is 0 Å². The monoisotopic (exact) mass is 246 g/mol. The standard InChI is InChI=1S/C14H18N2O2/c1-5-6-10-7-8-11(12(15)13(10)18-4)14(17)16-9(2)3/h1,7-9H,6,15H2,2-4H3,(H,16,17). The van der Waals surface area contributed by atoms with Crippen LogP contribution in [-0.4, -0.2) is 19.1 Å². The van der Waals surface area contributed by atoms with Crippen LogP contribution in [0, 0.1) is 12.3 Å². The molecule has 0 unspecified atom stereocenters. The molecule has 0 saturated carbocycles. The number of amides is 1. The van der Waals surface area contributed by atoms with Gasteiger partial charge in [-0.15, -0.1) is 12.3 Å². The van der Waals surface area contributed by atoms with Gasteiger partial charge in [-0.3, -0.25) is 4.79 Å². The summed E-state index contributed by atoms with van der Waals surface area (Å²) >= 11 is 0. The van der Waals surface area contributed by atoms with Crippen LogP contribution in [0.25, 0.3) is 0 Å². The molecule has 0 saturated heterocycles. The topological polar surface area (TPSA) is 64.4 Å². The Hall–Kier alpha value is -2.15. The van der Waals surface area contributed by atoms with Gasteiger partial charge in [-0.1, -0.05) is 6.07 Å². The zero-order chi connectivity index (χ0) is 13.7.